The van der Waals surface area contributed by atoms with Crippen molar-refractivity contribution in [2.75, 3.05) is 0 Å². The van der Waals surface area contributed by atoms with Crippen molar-refractivity contribution in [3.8, 4) is 0 Å². The smallest absolute Gasteiger partial charge is 0.0241 e. The van der Waals surface area contributed by atoms with Gasteiger partial charge in [-0.3, -0.25) is 0 Å². The average Bonchev–Trinajstić information content (AvgIpc) is 2.20. The maximum Gasteiger partial charge on any atom is -0.0241 e. The summed E-state index contributed by atoms with van der Waals surface area (Å²) in [4.78, 5) is 0. The molecule has 0 N–H and O–H groups in total. The molecule has 0 aliphatic heterocycles. The van der Waals surface area contributed by atoms with E-state index in [0.717, 1.165) is 5.41 Å². The van der Waals surface area contributed by atoms with E-state index in [4.69, 9.17) is 0 Å². The number of hydrogen-bond acceptors (Lipinski definition) is 0. The summed E-state index contributed by atoms with van der Waals surface area (Å²) in [6, 6.07) is 0. The van der Waals surface area contributed by atoms with Crippen LogP contribution in [0, 0.1) is 23.2 Å². The molecule has 3 aliphatic carbocycles. The zero-order valence-electron chi connectivity index (χ0n) is 6.06. The van der Waals surface area contributed by atoms with Crippen LogP contribution in [0.2, 0.25) is 0 Å². The van der Waals surface area contributed by atoms with E-state index in [-0.39, 0.29) is 0 Å². The Morgan fingerprint density at radius 3 is 1.89 bits per heavy atom. The summed E-state index contributed by atoms with van der Waals surface area (Å²) in [6.45, 7) is 2.53. The molecule has 0 bridgehead atoms. The lowest BCUT2D eigenvalue weighted by Gasteiger charge is -2.63. The van der Waals surface area contributed by atoms with Crippen LogP contribution in [0.1, 0.15) is 32.6 Å². The molecule has 0 radical (unpaired) electrons. The highest BCUT2D eigenvalue weighted by Crippen LogP contribution is 2.74. The second-order valence-corrected chi connectivity index (χ2v) is 4.51. The molecule has 2 atom stereocenters. The SMILES string of the molecule is CC12C3CCC1CC2C3. The van der Waals surface area contributed by atoms with Gasteiger partial charge in [-0.25, -0.2) is 0 Å². The third-order valence-corrected chi connectivity index (χ3v) is 4.64. The van der Waals surface area contributed by atoms with Gasteiger partial charge < -0.3 is 0 Å². The van der Waals surface area contributed by atoms with Crippen molar-refractivity contribution in [3.05, 3.63) is 0 Å². The summed E-state index contributed by atoms with van der Waals surface area (Å²) >= 11 is 0. The minimum Gasteiger partial charge on any atom is -0.0588 e. The van der Waals surface area contributed by atoms with Crippen LogP contribution in [0.3, 0.4) is 0 Å². The largest absolute Gasteiger partial charge is 0.0588 e. The van der Waals surface area contributed by atoms with Crippen molar-refractivity contribution in [1.82, 2.24) is 0 Å². The van der Waals surface area contributed by atoms with Gasteiger partial charge in [0, 0.05) is 0 Å². The first kappa shape index (κ1) is 4.76. The van der Waals surface area contributed by atoms with Crippen LogP contribution in [-0.4, -0.2) is 0 Å². The van der Waals surface area contributed by atoms with E-state index in [1.807, 2.05) is 0 Å². The lowest BCUT2D eigenvalue weighted by Crippen LogP contribution is -2.56. The maximum atomic E-state index is 2.53. The van der Waals surface area contributed by atoms with Gasteiger partial charge in [-0.05, 0) is 48.9 Å². The summed E-state index contributed by atoms with van der Waals surface area (Å²) in [5.41, 5.74) is 0.889. The topological polar surface area (TPSA) is 0 Å². The fraction of sp³-hybridized carbons (Fsp3) is 1.00. The van der Waals surface area contributed by atoms with Gasteiger partial charge in [0.25, 0.3) is 0 Å². The molecule has 3 rings (SSSR count). The molecule has 9 heavy (non-hydrogen) atoms. The van der Waals surface area contributed by atoms with Crippen molar-refractivity contribution in [2.24, 2.45) is 23.2 Å². The quantitative estimate of drug-likeness (QED) is 0.463. The normalized spacial score (nSPS) is 68.3. The fourth-order valence-electron chi connectivity index (χ4n) is 3.74. The predicted octanol–water partition coefficient (Wildman–Crippen LogP) is 2.44. The van der Waals surface area contributed by atoms with Crippen molar-refractivity contribution < 1.29 is 0 Å². The van der Waals surface area contributed by atoms with Crippen LogP contribution in [0.4, 0.5) is 0 Å². The molecular formula is C9H14. The molecule has 0 spiro atoms. The monoisotopic (exact) mass is 122 g/mol. The first-order chi connectivity index (χ1) is 4.32. The Morgan fingerprint density at radius 1 is 1.00 bits per heavy atom. The molecule has 0 aromatic rings. The second-order valence-electron chi connectivity index (χ2n) is 4.51. The van der Waals surface area contributed by atoms with E-state index in [0.29, 0.717) is 0 Å². The standard InChI is InChI=1S/C9H14/c1-9-6-2-3-7(9)5-8(9)4-6/h6-8H,2-5H2,1H3. The van der Waals surface area contributed by atoms with E-state index >= 15 is 0 Å². The maximum absolute atomic E-state index is 2.53. The van der Waals surface area contributed by atoms with Gasteiger partial charge in [-0.15, -0.1) is 0 Å². The Morgan fingerprint density at radius 2 is 1.56 bits per heavy atom. The van der Waals surface area contributed by atoms with Crippen molar-refractivity contribution in [2.45, 2.75) is 32.6 Å². The van der Waals surface area contributed by atoms with E-state index in [1.165, 1.54) is 17.8 Å². The molecule has 0 heterocycles. The van der Waals surface area contributed by atoms with E-state index < -0.39 is 0 Å². The summed E-state index contributed by atoms with van der Waals surface area (Å²) in [7, 11) is 0. The van der Waals surface area contributed by atoms with Crippen LogP contribution in [0.25, 0.3) is 0 Å². The van der Waals surface area contributed by atoms with Crippen molar-refractivity contribution >= 4 is 0 Å². The van der Waals surface area contributed by atoms with Crippen LogP contribution in [0.5, 0.6) is 0 Å². The highest BCUT2D eigenvalue weighted by atomic mass is 14.7. The van der Waals surface area contributed by atoms with Gasteiger partial charge in [-0.2, -0.15) is 0 Å². The van der Waals surface area contributed by atoms with Gasteiger partial charge in [0.1, 0.15) is 0 Å². The Balaban J connectivity index is 2.03. The molecule has 0 amide bonds. The molecule has 50 valence electrons. The van der Waals surface area contributed by atoms with E-state index in [2.05, 4.69) is 6.92 Å². The predicted molar refractivity (Wildman–Crippen MR) is 37.0 cm³/mol. The third kappa shape index (κ3) is 0.300. The van der Waals surface area contributed by atoms with Crippen LogP contribution < -0.4 is 0 Å². The van der Waals surface area contributed by atoms with Crippen LogP contribution >= 0.6 is 0 Å². The summed E-state index contributed by atoms with van der Waals surface area (Å²) < 4.78 is 0. The number of rotatable bonds is 0. The minimum absolute atomic E-state index is 0.889. The van der Waals surface area contributed by atoms with Gasteiger partial charge in [0.15, 0.2) is 0 Å². The summed E-state index contributed by atoms with van der Waals surface area (Å²) in [5, 5.41) is 0. The molecule has 3 fully saturated rings. The Kier molecular flexibility index (Phi) is 0.574. The molecule has 0 heteroatoms. The fourth-order valence-corrected chi connectivity index (χ4v) is 3.74. The molecule has 3 saturated carbocycles. The molecule has 3 aliphatic rings. The zero-order chi connectivity index (χ0) is 6.06. The Bertz CT molecular complexity index is 141. The van der Waals surface area contributed by atoms with Crippen LogP contribution in [-0.2, 0) is 0 Å². The van der Waals surface area contributed by atoms with Crippen molar-refractivity contribution in [1.29, 1.82) is 0 Å². The first-order valence-electron chi connectivity index (χ1n) is 4.32. The van der Waals surface area contributed by atoms with Crippen LogP contribution in [0.15, 0.2) is 0 Å². The average molecular weight is 122 g/mol. The molecule has 2 unspecified atom stereocenters. The molecular weight excluding hydrogens is 108 g/mol. The Hall–Kier alpha value is 0. The molecule has 0 aromatic carbocycles. The molecule has 0 saturated heterocycles. The Labute approximate surface area is 56.6 Å². The number of hydrogen-bond donors (Lipinski definition) is 0. The lowest BCUT2D eigenvalue weighted by molar-refractivity contribution is -0.142. The van der Waals surface area contributed by atoms with Crippen molar-refractivity contribution in [3.63, 3.8) is 0 Å². The van der Waals surface area contributed by atoms with E-state index in [1.54, 1.807) is 25.7 Å². The summed E-state index contributed by atoms with van der Waals surface area (Å²) in [6.07, 6.45) is 6.31. The molecule has 0 nitrogen and oxygen atoms in total. The van der Waals surface area contributed by atoms with Gasteiger partial charge in [0.2, 0.25) is 0 Å². The second kappa shape index (κ2) is 1.09. The third-order valence-electron chi connectivity index (χ3n) is 4.64. The zero-order valence-corrected chi connectivity index (χ0v) is 6.06. The summed E-state index contributed by atoms with van der Waals surface area (Å²) in [5.74, 6) is 3.51. The van der Waals surface area contributed by atoms with E-state index in [9.17, 15) is 0 Å². The molecule has 0 aromatic heterocycles. The minimum atomic E-state index is 0.889. The first-order valence-corrected chi connectivity index (χ1v) is 4.32. The van der Waals surface area contributed by atoms with Gasteiger partial charge in [0.05, 0.1) is 0 Å². The highest BCUT2D eigenvalue weighted by Gasteiger charge is 2.65. The van der Waals surface area contributed by atoms with Gasteiger partial charge >= 0.3 is 0 Å². The lowest BCUT2D eigenvalue weighted by atomic mass is 9.42. The highest BCUT2D eigenvalue weighted by molar-refractivity contribution is 5.15. The van der Waals surface area contributed by atoms with Gasteiger partial charge in [-0.1, -0.05) is 6.92 Å².